The summed E-state index contributed by atoms with van der Waals surface area (Å²) in [5.41, 5.74) is -0.114. The van der Waals surface area contributed by atoms with E-state index < -0.39 is 24.1 Å². The molecule has 0 saturated heterocycles. The molecule has 0 spiro atoms. The Morgan fingerprint density at radius 1 is 1.24 bits per heavy atom. The van der Waals surface area contributed by atoms with Crippen molar-refractivity contribution in [3.8, 4) is 10.9 Å². The lowest BCUT2D eigenvalue weighted by molar-refractivity contribution is -0.274. The topological polar surface area (TPSA) is 102 Å². The molecule has 9 nitrogen and oxygen atoms in total. The van der Waals surface area contributed by atoms with E-state index in [2.05, 4.69) is 25.1 Å². The Morgan fingerprint density at radius 3 is 2.62 bits per heavy atom. The fraction of sp³-hybridized carbons (Fsp3) is 0.435. The Morgan fingerprint density at radius 2 is 1.97 bits per heavy atom. The Bertz CT molecular complexity index is 1350. The molecular weight excluding hydrogens is 533 g/mol. The molecule has 0 radical (unpaired) electrons. The molecule has 2 aliphatic rings. The monoisotopic (exact) mass is 554 g/mol. The number of alkyl halides is 3. The van der Waals surface area contributed by atoms with Gasteiger partial charge >= 0.3 is 6.36 Å². The van der Waals surface area contributed by atoms with Crippen LogP contribution in [0.3, 0.4) is 0 Å². The summed E-state index contributed by atoms with van der Waals surface area (Å²) >= 11 is 7.08. The van der Waals surface area contributed by atoms with E-state index in [9.17, 15) is 22.8 Å². The maximum atomic E-state index is 12.9. The van der Waals surface area contributed by atoms with Crippen molar-refractivity contribution in [2.24, 2.45) is 0 Å². The second kappa shape index (κ2) is 9.60. The first-order chi connectivity index (χ1) is 17.5. The molecule has 2 fully saturated rings. The van der Waals surface area contributed by atoms with Gasteiger partial charge in [0.05, 0.1) is 12.2 Å². The average molecular weight is 555 g/mol. The lowest BCUT2D eigenvalue weighted by Gasteiger charge is -2.15. The summed E-state index contributed by atoms with van der Waals surface area (Å²) in [6.07, 6.45) is 0.438. The minimum Gasteiger partial charge on any atom is -0.406 e. The number of hydrogen-bond acceptors (Lipinski definition) is 7. The van der Waals surface area contributed by atoms with Gasteiger partial charge < -0.3 is 15.0 Å². The number of rotatable bonds is 8. The highest BCUT2D eigenvalue weighted by Gasteiger charge is 2.34. The summed E-state index contributed by atoms with van der Waals surface area (Å²) in [5, 5.41) is 7.65. The summed E-state index contributed by atoms with van der Waals surface area (Å²) < 4.78 is 43.3. The quantitative estimate of drug-likeness (QED) is 0.426. The standard InChI is InChI=1S/C23H22ClF3N6O3S/c1-11(29-20(34)13-7-14(24)9-16(8-13)36-23(25,26)27)19-30-18(12-3-4-12)31-33(19)22-28-10-17(37-22)21(35)32(2)15-5-6-15/h7-12,15H,3-6H2,1-2H3,(H,29,34)/t11-/m0/s1. The van der Waals surface area contributed by atoms with Gasteiger partial charge in [0.25, 0.3) is 11.8 Å². The van der Waals surface area contributed by atoms with Crippen molar-refractivity contribution in [1.82, 2.24) is 30.0 Å². The highest BCUT2D eigenvalue weighted by Crippen LogP contribution is 2.39. The van der Waals surface area contributed by atoms with Gasteiger partial charge in [-0.25, -0.2) is 9.97 Å². The number of benzene rings is 1. The average Bonchev–Trinajstić information content (AvgIpc) is 3.75. The molecule has 0 aliphatic heterocycles. The second-order valence-electron chi connectivity index (χ2n) is 9.09. The van der Waals surface area contributed by atoms with Crippen molar-refractivity contribution >= 4 is 34.8 Å². The first-order valence-corrected chi connectivity index (χ1v) is 12.8. The molecule has 2 heterocycles. The summed E-state index contributed by atoms with van der Waals surface area (Å²) in [5.74, 6) is -0.195. The minimum absolute atomic E-state index is 0.0881. The SMILES string of the molecule is C[C@H](NC(=O)c1cc(Cl)cc(OC(F)(F)F)c1)c1nc(C2CC2)nn1-c1ncc(C(=O)N(C)C2CC2)s1. The van der Waals surface area contributed by atoms with Crippen LogP contribution in [-0.4, -0.2) is 55.9 Å². The van der Waals surface area contributed by atoms with Crippen LogP contribution in [0.1, 0.15) is 76.2 Å². The molecule has 2 saturated carbocycles. The van der Waals surface area contributed by atoms with Gasteiger partial charge in [0, 0.05) is 29.6 Å². The summed E-state index contributed by atoms with van der Waals surface area (Å²) in [7, 11) is 1.77. The number of nitrogens with zero attached hydrogens (tertiary/aromatic N) is 5. The number of halogens is 4. The van der Waals surface area contributed by atoms with Gasteiger partial charge in [0.2, 0.25) is 5.13 Å². The number of carbonyl (C=O) groups excluding carboxylic acids is 2. The first-order valence-electron chi connectivity index (χ1n) is 11.6. The number of thiazole rings is 1. The van der Waals surface area contributed by atoms with Crippen LogP contribution in [0.25, 0.3) is 5.13 Å². The zero-order valence-electron chi connectivity index (χ0n) is 19.8. The highest BCUT2D eigenvalue weighted by atomic mass is 35.5. The Hall–Kier alpha value is -3.19. The van der Waals surface area contributed by atoms with E-state index in [1.165, 1.54) is 28.3 Å². The molecule has 5 rings (SSSR count). The molecule has 196 valence electrons. The molecule has 1 atom stereocenters. The van der Waals surface area contributed by atoms with Gasteiger partial charge in [-0.05, 0) is 50.8 Å². The van der Waals surface area contributed by atoms with Crippen molar-refractivity contribution in [2.75, 3.05) is 7.05 Å². The molecule has 2 aliphatic carbocycles. The van der Waals surface area contributed by atoms with E-state index in [0.717, 1.165) is 37.8 Å². The van der Waals surface area contributed by atoms with Crippen molar-refractivity contribution in [3.05, 3.63) is 51.5 Å². The largest absolute Gasteiger partial charge is 0.573 e. The second-order valence-corrected chi connectivity index (χ2v) is 10.5. The van der Waals surface area contributed by atoms with E-state index in [4.69, 9.17) is 11.6 Å². The number of carbonyl (C=O) groups is 2. The van der Waals surface area contributed by atoms with Crippen LogP contribution in [0.5, 0.6) is 5.75 Å². The van der Waals surface area contributed by atoms with E-state index in [-0.39, 0.29) is 28.5 Å². The molecule has 0 unspecified atom stereocenters. The van der Waals surface area contributed by atoms with Gasteiger partial charge in [0.15, 0.2) is 11.6 Å². The number of ether oxygens (including phenoxy) is 1. The number of amides is 2. The third-order valence-electron chi connectivity index (χ3n) is 5.99. The summed E-state index contributed by atoms with van der Waals surface area (Å²) in [6.45, 7) is 1.67. The van der Waals surface area contributed by atoms with Crippen LogP contribution in [-0.2, 0) is 0 Å². The molecule has 2 aromatic heterocycles. The third kappa shape index (κ3) is 5.87. The molecule has 1 aromatic carbocycles. The molecule has 37 heavy (non-hydrogen) atoms. The van der Waals surface area contributed by atoms with Crippen LogP contribution in [0.2, 0.25) is 5.02 Å². The van der Waals surface area contributed by atoms with Gasteiger partial charge in [-0.2, -0.15) is 4.68 Å². The zero-order chi connectivity index (χ0) is 26.5. The van der Waals surface area contributed by atoms with E-state index >= 15 is 0 Å². The molecule has 0 bridgehead atoms. The van der Waals surface area contributed by atoms with Crippen LogP contribution < -0.4 is 10.1 Å². The predicted octanol–water partition coefficient (Wildman–Crippen LogP) is 4.88. The van der Waals surface area contributed by atoms with E-state index in [1.807, 2.05) is 0 Å². The number of aromatic nitrogens is 4. The van der Waals surface area contributed by atoms with Crippen molar-refractivity contribution < 1.29 is 27.5 Å². The van der Waals surface area contributed by atoms with Gasteiger partial charge in [-0.3, -0.25) is 9.59 Å². The van der Waals surface area contributed by atoms with Crippen LogP contribution >= 0.6 is 22.9 Å². The third-order valence-corrected chi connectivity index (χ3v) is 7.17. The van der Waals surface area contributed by atoms with E-state index in [1.54, 1.807) is 18.9 Å². The number of hydrogen-bond donors (Lipinski definition) is 1. The normalized spacial score (nSPS) is 16.4. The maximum absolute atomic E-state index is 12.9. The smallest absolute Gasteiger partial charge is 0.406 e. The molecule has 14 heteroatoms. The van der Waals surface area contributed by atoms with Gasteiger partial charge in [-0.15, -0.1) is 18.3 Å². The fourth-order valence-corrected chi connectivity index (χ4v) is 4.86. The van der Waals surface area contributed by atoms with Gasteiger partial charge in [-0.1, -0.05) is 22.9 Å². The Balaban J connectivity index is 1.38. The van der Waals surface area contributed by atoms with Crippen LogP contribution in [0.4, 0.5) is 13.2 Å². The fourth-order valence-electron chi connectivity index (χ4n) is 3.77. The molecular formula is C23H22ClF3N6O3S. The minimum atomic E-state index is -4.93. The van der Waals surface area contributed by atoms with Crippen molar-refractivity contribution in [1.29, 1.82) is 0 Å². The van der Waals surface area contributed by atoms with Crippen molar-refractivity contribution in [3.63, 3.8) is 0 Å². The summed E-state index contributed by atoms with van der Waals surface area (Å²) in [6, 6.07) is 2.72. The van der Waals surface area contributed by atoms with Crippen LogP contribution in [0, 0.1) is 0 Å². The Kier molecular flexibility index (Phi) is 6.61. The van der Waals surface area contributed by atoms with E-state index in [0.29, 0.717) is 21.7 Å². The predicted molar refractivity (Wildman–Crippen MR) is 128 cm³/mol. The lowest BCUT2D eigenvalue weighted by Crippen LogP contribution is -2.29. The summed E-state index contributed by atoms with van der Waals surface area (Å²) in [4.78, 5) is 36.8. The van der Waals surface area contributed by atoms with Gasteiger partial charge in [0.1, 0.15) is 10.6 Å². The molecule has 1 N–H and O–H groups in total. The molecule has 3 aromatic rings. The molecule has 2 amide bonds. The van der Waals surface area contributed by atoms with Crippen LogP contribution in [0.15, 0.2) is 24.4 Å². The lowest BCUT2D eigenvalue weighted by atomic mass is 10.2. The van der Waals surface area contributed by atoms with Crippen molar-refractivity contribution in [2.45, 2.75) is 57.0 Å². The number of nitrogens with one attached hydrogen (secondary N) is 1. The maximum Gasteiger partial charge on any atom is 0.573 e. The Labute approximate surface area is 218 Å². The first kappa shape index (κ1) is 25.5. The zero-order valence-corrected chi connectivity index (χ0v) is 21.3. The highest BCUT2D eigenvalue weighted by molar-refractivity contribution is 7.16.